The summed E-state index contributed by atoms with van der Waals surface area (Å²) in [5.41, 5.74) is 0.0705. The molecule has 0 bridgehead atoms. The van der Waals surface area contributed by atoms with Crippen LogP contribution in [0.1, 0.15) is 11.3 Å². The van der Waals surface area contributed by atoms with Crippen molar-refractivity contribution in [3.63, 3.8) is 0 Å². The van der Waals surface area contributed by atoms with E-state index in [1.807, 2.05) is 0 Å². The number of hydrogen-bond acceptors (Lipinski definition) is 5. The molecular weight excluding hydrogens is 375 g/mol. The number of hydrogen-bond donors (Lipinski definition) is 2. The molecule has 0 aliphatic rings. The third kappa shape index (κ3) is 5.60. The lowest BCUT2D eigenvalue weighted by Crippen LogP contribution is -2.32. The Bertz CT molecular complexity index is 857. The first-order valence-corrected chi connectivity index (χ1v) is 9.26. The summed E-state index contributed by atoms with van der Waals surface area (Å²) in [5, 5.41) is 10.8. The van der Waals surface area contributed by atoms with Crippen molar-refractivity contribution in [2.75, 3.05) is 18.9 Å². The Morgan fingerprint density at radius 3 is 2.38 bits per heavy atom. The number of rotatable bonds is 7. The third-order valence-electron chi connectivity index (χ3n) is 3.35. The summed E-state index contributed by atoms with van der Waals surface area (Å²) in [6.07, 6.45) is -3.20. The summed E-state index contributed by atoms with van der Waals surface area (Å²) in [7, 11) is -3.80. The maximum absolute atomic E-state index is 12.6. The van der Waals surface area contributed by atoms with Crippen LogP contribution < -0.4 is 5.32 Å². The van der Waals surface area contributed by atoms with E-state index in [0.717, 1.165) is 12.1 Å². The highest BCUT2D eigenvalue weighted by Gasteiger charge is 2.30. The van der Waals surface area contributed by atoms with Gasteiger partial charge in [-0.15, -0.1) is 0 Å². The van der Waals surface area contributed by atoms with Gasteiger partial charge in [-0.3, -0.25) is 4.79 Å². The molecule has 0 spiro atoms. The maximum atomic E-state index is 12.6. The molecule has 2 N–H and O–H groups in total. The molecule has 0 fully saturated rings. The second kappa shape index (κ2) is 7.92. The highest BCUT2D eigenvalue weighted by Crippen LogP contribution is 2.31. The lowest BCUT2D eigenvalue weighted by Gasteiger charge is -2.06. The summed E-state index contributed by atoms with van der Waals surface area (Å²) in [5.74, 6) is -1.97. The van der Waals surface area contributed by atoms with Crippen LogP contribution in [0.3, 0.4) is 0 Å². The van der Waals surface area contributed by atoms with Crippen LogP contribution in [-0.2, 0) is 26.6 Å². The van der Waals surface area contributed by atoms with Crippen LogP contribution >= 0.6 is 0 Å². The summed E-state index contributed by atoms with van der Waals surface area (Å²) < 4.78 is 66.8. The zero-order valence-corrected chi connectivity index (χ0v) is 14.2. The van der Waals surface area contributed by atoms with Gasteiger partial charge in [0.15, 0.2) is 9.84 Å². The van der Waals surface area contributed by atoms with Crippen LogP contribution in [0.25, 0.3) is 11.1 Å². The smallest absolute Gasteiger partial charge is 0.416 e. The fourth-order valence-electron chi connectivity index (χ4n) is 2.17. The van der Waals surface area contributed by atoms with Gasteiger partial charge >= 0.3 is 6.18 Å². The number of carbonyl (C=O) groups is 1. The van der Waals surface area contributed by atoms with Gasteiger partial charge in [0.1, 0.15) is 17.3 Å². The lowest BCUT2D eigenvalue weighted by molar-refractivity contribution is -0.137. The zero-order valence-electron chi connectivity index (χ0n) is 13.4. The Labute approximate surface area is 147 Å². The van der Waals surface area contributed by atoms with E-state index in [9.17, 15) is 26.4 Å². The van der Waals surface area contributed by atoms with Gasteiger partial charge in [0.25, 0.3) is 0 Å². The predicted octanol–water partition coefficient (Wildman–Crippen LogP) is 1.99. The quantitative estimate of drug-likeness (QED) is 0.753. The molecule has 6 nitrogen and oxygen atoms in total. The number of alkyl halides is 3. The number of amides is 1. The molecule has 1 aromatic heterocycles. The minimum Gasteiger partial charge on any atom is -0.468 e. The largest absolute Gasteiger partial charge is 0.468 e. The molecule has 0 aliphatic heterocycles. The van der Waals surface area contributed by atoms with Crippen LogP contribution in [0, 0.1) is 0 Å². The molecule has 1 heterocycles. The van der Waals surface area contributed by atoms with E-state index >= 15 is 0 Å². The van der Waals surface area contributed by atoms with Gasteiger partial charge in [-0.2, -0.15) is 13.2 Å². The fourth-order valence-corrected chi connectivity index (χ4v) is 3.36. The van der Waals surface area contributed by atoms with Crippen LogP contribution in [0.5, 0.6) is 0 Å². The Morgan fingerprint density at radius 1 is 1.15 bits per heavy atom. The molecule has 0 radical (unpaired) electrons. The van der Waals surface area contributed by atoms with Crippen LogP contribution in [0.15, 0.2) is 41.0 Å². The topological polar surface area (TPSA) is 96.6 Å². The van der Waals surface area contributed by atoms with Crippen LogP contribution in [0.4, 0.5) is 13.2 Å². The molecular formula is C16H16F3NO5S. The van der Waals surface area contributed by atoms with Crippen molar-refractivity contribution < 1.29 is 35.9 Å². The molecule has 1 aromatic carbocycles. The van der Waals surface area contributed by atoms with Crippen molar-refractivity contribution in [1.82, 2.24) is 5.32 Å². The number of halogens is 3. The Kier molecular flexibility index (Phi) is 6.09. The number of nitrogens with one attached hydrogen (secondary N) is 1. The molecule has 142 valence electrons. The van der Waals surface area contributed by atoms with Gasteiger partial charge in [0.2, 0.25) is 5.91 Å². The molecule has 0 saturated heterocycles. The number of carbonyl (C=O) groups excluding carboxylic acids is 1. The highest BCUT2D eigenvalue weighted by atomic mass is 32.2. The van der Waals surface area contributed by atoms with Gasteiger partial charge in [-0.25, -0.2) is 8.42 Å². The molecule has 0 unspecified atom stereocenters. The summed E-state index contributed by atoms with van der Waals surface area (Å²) in [6.45, 7) is -0.354. The highest BCUT2D eigenvalue weighted by molar-refractivity contribution is 7.91. The van der Waals surface area contributed by atoms with E-state index in [2.05, 4.69) is 5.32 Å². The lowest BCUT2D eigenvalue weighted by atomic mass is 10.1. The average Bonchev–Trinajstić information content (AvgIpc) is 2.99. The molecule has 2 aromatic rings. The Hall–Kier alpha value is -2.33. The van der Waals surface area contributed by atoms with Crippen molar-refractivity contribution in [1.29, 1.82) is 0 Å². The van der Waals surface area contributed by atoms with Gasteiger partial charge < -0.3 is 14.8 Å². The van der Waals surface area contributed by atoms with Crippen LogP contribution in [0.2, 0.25) is 0 Å². The first-order valence-electron chi connectivity index (χ1n) is 7.44. The second-order valence-corrected chi connectivity index (χ2v) is 7.55. The third-order valence-corrected chi connectivity index (χ3v) is 4.77. The van der Waals surface area contributed by atoms with Crippen molar-refractivity contribution >= 4 is 15.7 Å². The molecule has 0 atom stereocenters. The van der Waals surface area contributed by atoms with Crippen molar-refractivity contribution in [2.45, 2.75) is 11.9 Å². The van der Waals surface area contributed by atoms with Gasteiger partial charge in [-0.1, -0.05) is 12.1 Å². The molecule has 0 saturated carbocycles. The van der Waals surface area contributed by atoms with Crippen molar-refractivity contribution in [3.05, 3.63) is 47.9 Å². The summed E-state index contributed by atoms with van der Waals surface area (Å²) >= 11 is 0. The van der Waals surface area contributed by atoms with Gasteiger partial charge in [-0.05, 0) is 23.8 Å². The van der Waals surface area contributed by atoms with Gasteiger partial charge in [0.05, 0.1) is 18.4 Å². The first-order chi connectivity index (χ1) is 12.1. The van der Waals surface area contributed by atoms with E-state index in [1.165, 1.54) is 24.5 Å². The van der Waals surface area contributed by atoms with Crippen molar-refractivity contribution in [2.24, 2.45) is 0 Å². The molecule has 10 heteroatoms. The number of furan rings is 1. The first kappa shape index (κ1) is 20.0. The van der Waals surface area contributed by atoms with E-state index in [4.69, 9.17) is 9.52 Å². The Balaban J connectivity index is 2.06. The monoisotopic (exact) mass is 391 g/mol. The standard InChI is InChI=1S/C16H16F3NO5S/c17-16(18,19)13-3-1-11(2-4-13)12-7-14(25-8-12)9-26(23,24)10-15(22)20-5-6-21/h1-4,7-8,21H,5-6,9-10H2,(H,20,22). The minimum atomic E-state index is -4.44. The SMILES string of the molecule is O=C(CS(=O)(=O)Cc1cc(-c2ccc(C(F)(F)F)cc2)co1)NCCO. The second-order valence-electron chi connectivity index (χ2n) is 5.48. The van der Waals surface area contributed by atoms with Gasteiger partial charge in [0, 0.05) is 12.1 Å². The predicted molar refractivity (Wildman–Crippen MR) is 86.7 cm³/mol. The normalized spacial score (nSPS) is 12.2. The zero-order chi connectivity index (χ0) is 19.4. The van der Waals surface area contributed by atoms with E-state index in [1.54, 1.807) is 0 Å². The number of benzene rings is 1. The average molecular weight is 391 g/mol. The fraction of sp³-hybridized carbons (Fsp3) is 0.312. The minimum absolute atomic E-state index is 0.0484. The molecule has 26 heavy (non-hydrogen) atoms. The molecule has 2 rings (SSSR count). The summed E-state index contributed by atoms with van der Waals surface area (Å²) in [4.78, 5) is 11.4. The number of aliphatic hydroxyl groups is 1. The molecule has 1 amide bonds. The summed E-state index contributed by atoms with van der Waals surface area (Å²) in [6, 6.07) is 5.75. The van der Waals surface area contributed by atoms with E-state index in [0.29, 0.717) is 11.1 Å². The van der Waals surface area contributed by atoms with Crippen LogP contribution in [-0.4, -0.2) is 38.3 Å². The van der Waals surface area contributed by atoms with E-state index < -0.39 is 39.0 Å². The number of aliphatic hydroxyl groups excluding tert-OH is 1. The van der Waals surface area contributed by atoms with E-state index in [-0.39, 0.29) is 18.9 Å². The Morgan fingerprint density at radius 2 is 1.81 bits per heavy atom. The maximum Gasteiger partial charge on any atom is 0.416 e. The molecule has 0 aliphatic carbocycles. The van der Waals surface area contributed by atoms with Crippen molar-refractivity contribution in [3.8, 4) is 11.1 Å². The number of sulfone groups is 1.